The van der Waals surface area contributed by atoms with Crippen LogP contribution in [0, 0.1) is 5.41 Å². The first-order valence-electron chi connectivity index (χ1n) is 8.01. The van der Waals surface area contributed by atoms with Crippen molar-refractivity contribution in [1.82, 2.24) is 10.6 Å². The van der Waals surface area contributed by atoms with Crippen molar-refractivity contribution in [3.8, 4) is 0 Å². The highest BCUT2D eigenvalue weighted by atomic mass is 16.2. The van der Waals surface area contributed by atoms with E-state index in [1.54, 1.807) is 7.05 Å². The fourth-order valence-corrected chi connectivity index (χ4v) is 2.97. The number of nitrogens with one attached hydrogen (secondary N) is 2. The Morgan fingerprint density at radius 1 is 1.24 bits per heavy atom. The van der Waals surface area contributed by atoms with Gasteiger partial charge in [-0.3, -0.25) is 4.79 Å². The first-order chi connectivity index (χ1) is 9.94. The lowest BCUT2D eigenvalue weighted by molar-refractivity contribution is -0.128. The van der Waals surface area contributed by atoms with Crippen LogP contribution in [0.3, 0.4) is 0 Å². The van der Waals surface area contributed by atoms with Crippen molar-refractivity contribution >= 4 is 5.91 Å². The van der Waals surface area contributed by atoms with Gasteiger partial charge in [0.25, 0.3) is 0 Å². The highest BCUT2D eigenvalue weighted by molar-refractivity contribution is 5.81. The monoisotopic (exact) mass is 288 g/mol. The minimum Gasteiger partial charge on any atom is -0.359 e. The van der Waals surface area contributed by atoms with Crippen molar-refractivity contribution in [1.29, 1.82) is 0 Å². The smallest absolute Gasteiger partial charge is 0.226 e. The van der Waals surface area contributed by atoms with Crippen LogP contribution in [-0.4, -0.2) is 19.5 Å². The summed E-state index contributed by atoms with van der Waals surface area (Å²) < 4.78 is 0. The maximum atomic E-state index is 11.8. The molecule has 1 aliphatic carbocycles. The van der Waals surface area contributed by atoms with Gasteiger partial charge in [0.2, 0.25) is 5.91 Å². The van der Waals surface area contributed by atoms with E-state index in [1.165, 1.54) is 42.4 Å². The molecule has 0 heterocycles. The summed E-state index contributed by atoms with van der Waals surface area (Å²) in [6, 6.07) is 7.13. The second-order valence-electron chi connectivity index (χ2n) is 6.80. The highest BCUT2D eigenvalue weighted by Crippen LogP contribution is 2.25. The molecule has 0 bridgehead atoms. The number of hydrogen-bond acceptors (Lipinski definition) is 2. The largest absolute Gasteiger partial charge is 0.359 e. The lowest BCUT2D eigenvalue weighted by Gasteiger charge is -2.26. The molecule has 116 valence electrons. The van der Waals surface area contributed by atoms with E-state index >= 15 is 0 Å². The van der Waals surface area contributed by atoms with Gasteiger partial charge in [0, 0.05) is 19.6 Å². The Labute approximate surface area is 128 Å². The lowest BCUT2D eigenvalue weighted by Crippen LogP contribution is -2.42. The Morgan fingerprint density at radius 3 is 2.57 bits per heavy atom. The standard InChI is InChI=1S/C18H28N2O/c1-13(20-12-18(2,3)17(21)19-4)15-10-9-14-7-5-6-8-16(14)11-15/h9-11,13,20H,5-8,12H2,1-4H3,(H,19,21). The molecule has 0 saturated carbocycles. The molecule has 0 aromatic heterocycles. The van der Waals surface area contributed by atoms with Gasteiger partial charge < -0.3 is 10.6 Å². The fraction of sp³-hybridized carbons (Fsp3) is 0.611. The maximum Gasteiger partial charge on any atom is 0.226 e. The normalized spacial score (nSPS) is 16.2. The van der Waals surface area contributed by atoms with E-state index in [0.717, 1.165) is 0 Å². The van der Waals surface area contributed by atoms with Crippen LogP contribution in [0.25, 0.3) is 0 Å². The minimum atomic E-state index is -0.392. The number of amides is 1. The third-order valence-corrected chi connectivity index (χ3v) is 4.56. The molecule has 3 nitrogen and oxygen atoms in total. The molecule has 1 aromatic carbocycles. The van der Waals surface area contributed by atoms with E-state index in [-0.39, 0.29) is 11.9 Å². The van der Waals surface area contributed by atoms with Crippen molar-refractivity contribution in [2.45, 2.75) is 52.5 Å². The maximum absolute atomic E-state index is 11.8. The first kappa shape index (κ1) is 16.0. The summed E-state index contributed by atoms with van der Waals surface area (Å²) in [6.07, 6.45) is 5.06. The minimum absolute atomic E-state index is 0.0765. The molecule has 2 N–H and O–H groups in total. The second-order valence-corrected chi connectivity index (χ2v) is 6.80. The molecule has 1 aromatic rings. The molecule has 0 aliphatic heterocycles. The number of carbonyl (C=O) groups is 1. The van der Waals surface area contributed by atoms with Gasteiger partial charge in [-0.05, 0) is 63.1 Å². The first-order valence-corrected chi connectivity index (χ1v) is 8.01. The zero-order valence-corrected chi connectivity index (χ0v) is 13.8. The molecule has 0 fully saturated rings. The molecule has 0 radical (unpaired) electrons. The number of fused-ring (bicyclic) bond motifs is 1. The number of aryl methyl sites for hydroxylation is 2. The second kappa shape index (κ2) is 6.61. The topological polar surface area (TPSA) is 41.1 Å². The SMILES string of the molecule is CNC(=O)C(C)(C)CNC(C)c1ccc2c(c1)CCCC2. The van der Waals surface area contributed by atoms with E-state index in [1.807, 2.05) is 13.8 Å². The molecule has 2 rings (SSSR count). The van der Waals surface area contributed by atoms with Gasteiger partial charge >= 0.3 is 0 Å². The summed E-state index contributed by atoms with van der Waals surface area (Å²) in [4.78, 5) is 11.8. The van der Waals surface area contributed by atoms with Gasteiger partial charge in [-0.2, -0.15) is 0 Å². The van der Waals surface area contributed by atoms with Crippen LogP contribution < -0.4 is 10.6 Å². The summed E-state index contributed by atoms with van der Waals surface area (Å²) >= 11 is 0. The van der Waals surface area contributed by atoms with Gasteiger partial charge in [0.1, 0.15) is 0 Å². The Balaban J connectivity index is 2.00. The Bertz CT molecular complexity index is 508. The van der Waals surface area contributed by atoms with E-state index in [4.69, 9.17) is 0 Å². The molecule has 3 heteroatoms. The van der Waals surface area contributed by atoms with Crippen molar-refractivity contribution in [3.63, 3.8) is 0 Å². The van der Waals surface area contributed by atoms with Gasteiger partial charge in [-0.15, -0.1) is 0 Å². The van der Waals surface area contributed by atoms with Gasteiger partial charge in [0.15, 0.2) is 0 Å². The number of carbonyl (C=O) groups excluding carboxylic acids is 1. The quantitative estimate of drug-likeness (QED) is 0.874. The zero-order valence-electron chi connectivity index (χ0n) is 13.8. The van der Waals surface area contributed by atoms with Gasteiger partial charge in [-0.1, -0.05) is 18.2 Å². The Morgan fingerprint density at radius 2 is 1.90 bits per heavy atom. The molecule has 0 spiro atoms. The molecule has 1 atom stereocenters. The molecule has 0 saturated heterocycles. The van der Waals surface area contributed by atoms with Gasteiger partial charge in [-0.25, -0.2) is 0 Å². The average molecular weight is 288 g/mol. The predicted octanol–water partition coefficient (Wildman–Crippen LogP) is 2.99. The van der Waals surface area contributed by atoms with Crippen molar-refractivity contribution in [2.75, 3.05) is 13.6 Å². The number of hydrogen-bond donors (Lipinski definition) is 2. The van der Waals surface area contributed by atoms with Crippen LogP contribution in [0.5, 0.6) is 0 Å². The molecule has 21 heavy (non-hydrogen) atoms. The summed E-state index contributed by atoms with van der Waals surface area (Å²) in [5.41, 5.74) is 3.96. The van der Waals surface area contributed by atoms with Crippen LogP contribution >= 0.6 is 0 Å². The zero-order chi connectivity index (χ0) is 15.5. The Kier molecular flexibility index (Phi) is 5.04. The Hall–Kier alpha value is -1.35. The van der Waals surface area contributed by atoms with Crippen molar-refractivity contribution in [3.05, 3.63) is 34.9 Å². The summed E-state index contributed by atoms with van der Waals surface area (Å²) in [5, 5.41) is 6.23. The molecular formula is C18H28N2O. The van der Waals surface area contributed by atoms with Crippen LogP contribution in [0.2, 0.25) is 0 Å². The third kappa shape index (κ3) is 3.85. The van der Waals surface area contributed by atoms with E-state index < -0.39 is 5.41 Å². The summed E-state index contributed by atoms with van der Waals surface area (Å²) in [5.74, 6) is 0.0765. The molecular weight excluding hydrogens is 260 g/mol. The predicted molar refractivity (Wildman–Crippen MR) is 87.3 cm³/mol. The number of benzene rings is 1. The van der Waals surface area contributed by atoms with Gasteiger partial charge in [0.05, 0.1) is 5.41 Å². The number of rotatable bonds is 5. The van der Waals surface area contributed by atoms with E-state index in [9.17, 15) is 4.79 Å². The molecule has 1 aliphatic rings. The summed E-state index contributed by atoms with van der Waals surface area (Å²) in [7, 11) is 1.69. The van der Waals surface area contributed by atoms with Crippen LogP contribution in [-0.2, 0) is 17.6 Å². The van der Waals surface area contributed by atoms with Crippen LogP contribution in [0.15, 0.2) is 18.2 Å². The molecule has 1 amide bonds. The lowest BCUT2D eigenvalue weighted by atomic mass is 9.88. The molecule has 1 unspecified atom stereocenters. The summed E-state index contributed by atoms with van der Waals surface area (Å²) in [6.45, 7) is 6.78. The highest BCUT2D eigenvalue weighted by Gasteiger charge is 2.27. The van der Waals surface area contributed by atoms with Crippen LogP contribution in [0.4, 0.5) is 0 Å². The van der Waals surface area contributed by atoms with Crippen molar-refractivity contribution in [2.24, 2.45) is 5.41 Å². The van der Waals surface area contributed by atoms with Crippen molar-refractivity contribution < 1.29 is 4.79 Å². The van der Waals surface area contributed by atoms with Crippen LogP contribution in [0.1, 0.15) is 56.3 Å². The van der Waals surface area contributed by atoms with E-state index in [0.29, 0.717) is 6.54 Å². The third-order valence-electron chi connectivity index (χ3n) is 4.56. The fourth-order valence-electron chi connectivity index (χ4n) is 2.97. The average Bonchev–Trinajstić information content (AvgIpc) is 2.51. The van der Waals surface area contributed by atoms with E-state index in [2.05, 4.69) is 35.8 Å².